The first-order valence-electron chi connectivity index (χ1n) is 9.03. The van der Waals surface area contributed by atoms with E-state index in [1.54, 1.807) is 18.2 Å². The average molecular weight is 371 g/mol. The SMILES string of the molecule is CNC(=O)[C@@H](CCc1ccccc1)NC(=O)C[C@H](N)Cc1ccccc1F. The zero-order chi connectivity index (χ0) is 19.6. The Labute approximate surface area is 159 Å². The number of carbonyl (C=O) groups excluding carboxylic acids is 2. The van der Waals surface area contributed by atoms with Crippen molar-refractivity contribution in [2.24, 2.45) is 5.73 Å². The summed E-state index contributed by atoms with van der Waals surface area (Å²) in [5, 5.41) is 5.32. The number of hydrogen-bond acceptors (Lipinski definition) is 3. The van der Waals surface area contributed by atoms with Crippen molar-refractivity contribution in [3.8, 4) is 0 Å². The molecule has 2 atom stereocenters. The molecule has 4 N–H and O–H groups in total. The van der Waals surface area contributed by atoms with E-state index in [1.807, 2.05) is 30.3 Å². The third-order valence-electron chi connectivity index (χ3n) is 4.35. The largest absolute Gasteiger partial charge is 0.357 e. The van der Waals surface area contributed by atoms with E-state index in [-0.39, 0.29) is 30.5 Å². The molecule has 0 heterocycles. The van der Waals surface area contributed by atoms with Gasteiger partial charge < -0.3 is 16.4 Å². The van der Waals surface area contributed by atoms with E-state index in [0.29, 0.717) is 18.4 Å². The van der Waals surface area contributed by atoms with Gasteiger partial charge in [-0.2, -0.15) is 0 Å². The Bertz CT molecular complexity index is 752. The first kappa shape index (κ1) is 20.6. The predicted molar refractivity (Wildman–Crippen MR) is 103 cm³/mol. The minimum atomic E-state index is -0.636. The van der Waals surface area contributed by atoms with Crippen LogP contribution in [0.5, 0.6) is 0 Å². The number of rotatable bonds is 9. The summed E-state index contributed by atoms with van der Waals surface area (Å²) in [5.74, 6) is -0.901. The molecule has 0 aliphatic carbocycles. The number of halogens is 1. The van der Waals surface area contributed by atoms with Gasteiger partial charge in [-0.05, 0) is 36.5 Å². The Kier molecular flexibility index (Phi) is 7.95. The van der Waals surface area contributed by atoms with Gasteiger partial charge in [0.15, 0.2) is 0 Å². The molecular formula is C21H26FN3O2. The van der Waals surface area contributed by atoms with Crippen LogP contribution in [-0.2, 0) is 22.4 Å². The molecule has 2 aromatic rings. The van der Waals surface area contributed by atoms with Gasteiger partial charge >= 0.3 is 0 Å². The zero-order valence-electron chi connectivity index (χ0n) is 15.5. The topological polar surface area (TPSA) is 84.2 Å². The van der Waals surface area contributed by atoms with E-state index in [4.69, 9.17) is 5.73 Å². The third kappa shape index (κ3) is 6.83. The highest BCUT2D eigenvalue weighted by Crippen LogP contribution is 2.10. The van der Waals surface area contributed by atoms with E-state index in [9.17, 15) is 14.0 Å². The molecular weight excluding hydrogens is 345 g/mol. The van der Waals surface area contributed by atoms with E-state index in [0.717, 1.165) is 5.56 Å². The summed E-state index contributed by atoms with van der Waals surface area (Å²) in [6, 6.07) is 15.0. The minimum absolute atomic E-state index is 0.0210. The standard InChI is InChI=1S/C21H26FN3O2/c1-24-21(27)19(12-11-15-7-3-2-4-8-15)25-20(26)14-17(23)13-16-9-5-6-10-18(16)22/h2-10,17,19H,11-14,23H2,1H3,(H,24,27)(H,25,26)/t17-,19-/m1/s1. The molecule has 0 spiro atoms. The van der Waals surface area contributed by atoms with Gasteiger partial charge in [0.1, 0.15) is 11.9 Å². The molecule has 0 radical (unpaired) electrons. The van der Waals surface area contributed by atoms with Crippen LogP contribution in [0.2, 0.25) is 0 Å². The fourth-order valence-electron chi connectivity index (χ4n) is 2.91. The van der Waals surface area contributed by atoms with Crippen LogP contribution in [-0.4, -0.2) is 30.9 Å². The van der Waals surface area contributed by atoms with Crippen LogP contribution in [0.4, 0.5) is 4.39 Å². The lowest BCUT2D eigenvalue weighted by atomic mass is 10.0. The maximum Gasteiger partial charge on any atom is 0.242 e. The van der Waals surface area contributed by atoms with E-state index >= 15 is 0 Å². The zero-order valence-corrected chi connectivity index (χ0v) is 15.5. The van der Waals surface area contributed by atoms with Crippen molar-refractivity contribution in [1.29, 1.82) is 0 Å². The second kappa shape index (κ2) is 10.4. The predicted octanol–water partition coefficient (Wildman–Crippen LogP) is 1.95. The third-order valence-corrected chi connectivity index (χ3v) is 4.35. The van der Waals surface area contributed by atoms with Gasteiger partial charge in [0.25, 0.3) is 0 Å². The number of hydrogen-bond donors (Lipinski definition) is 3. The molecule has 0 aromatic heterocycles. The number of carbonyl (C=O) groups is 2. The first-order valence-corrected chi connectivity index (χ1v) is 9.03. The number of benzene rings is 2. The summed E-state index contributed by atoms with van der Waals surface area (Å²) in [7, 11) is 1.54. The summed E-state index contributed by atoms with van der Waals surface area (Å²) < 4.78 is 13.7. The van der Waals surface area contributed by atoms with E-state index in [1.165, 1.54) is 13.1 Å². The lowest BCUT2D eigenvalue weighted by molar-refractivity contribution is -0.129. The number of nitrogens with one attached hydrogen (secondary N) is 2. The fourth-order valence-corrected chi connectivity index (χ4v) is 2.91. The molecule has 27 heavy (non-hydrogen) atoms. The normalized spacial score (nSPS) is 12.9. The van der Waals surface area contributed by atoms with Crippen LogP contribution in [0.15, 0.2) is 54.6 Å². The number of amides is 2. The molecule has 0 unspecified atom stereocenters. The lowest BCUT2D eigenvalue weighted by Gasteiger charge is -2.19. The molecule has 0 bridgehead atoms. The molecule has 0 aliphatic rings. The van der Waals surface area contributed by atoms with Crippen LogP contribution in [0, 0.1) is 5.82 Å². The van der Waals surface area contributed by atoms with Crippen LogP contribution in [0.25, 0.3) is 0 Å². The van der Waals surface area contributed by atoms with Crippen LogP contribution in [0.1, 0.15) is 24.0 Å². The highest BCUT2D eigenvalue weighted by atomic mass is 19.1. The van der Waals surface area contributed by atoms with Crippen molar-refractivity contribution < 1.29 is 14.0 Å². The van der Waals surface area contributed by atoms with Crippen molar-refractivity contribution >= 4 is 11.8 Å². The average Bonchev–Trinajstić information content (AvgIpc) is 2.67. The van der Waals surface area contributed by atoms with Crippen molar-refractivity contribution in [3.63, 3.8) is 0 Å². The summed E-state index contributed by atoms with van der Waals surface area (Å²) in [6.07, 6.45) is 1.43. The molecule has 2 amide bonds. The van der Waals surface area contributed by atoms with Crippen LogP contribution in [0.3, 0.4) is 0 Å². The molecule has 5 nitrogen and oxygen atoms in total. The van der Waals surface area contributed by atoms with Gasteiger partial charge in [0.05, 0.1) is 0 Å². The molecule has 6 heteroatoms. The smallest absolute Gasteiger partial charge is 0.242 e. The fraction of sp³-hybridized carbons (Fsp3) is 0.333. The monoisotopic (exact) mass is 371 g/mol. The van der Waals surface area contributed by atoms with Gasteiger partial charge in [0.2, 0.25) is 11.8 Å². The maximum absolute atomic E-state index is 13.7. The van der Waals surface area contributed by atoms with Crippen molar-refractivity contribution in [2.75, 3.05) is 7.05 Å². The highest BCUT2D eigenvalue weighted by molar-refractivity contribution is 5.87. The molecule has 0 saturated heterocycles. The van der Waals surface area contributed by atoms with Crippen molar-refractivity contribution in [1.82, 2.24) is 10.6 Å². The minimum Gasteiger partial charge on any atom is -0.357 e. The van der Waals surface area contributed by atoms with E-state index < -0.39 is 12.1 Å². The maximum atomic E-state index is 13.7. The Morgan fingerprint density at radius 3 is 2.41 bits per heavy atom. The second-order valence-electron chi connectivity index (χ2n) is 6.52. The number of nitrogens with two attached hydrogens (primary N) is 1. The molecule has 2 rings (SSSR count). The van der Waals surface area contributed by atoms with Gasteiger partial charge in [-0.1, -0.05) is 48.5 Å². The highest BCUT2D eigenvalue weighted by Gasteiger charge is 2.21. The Hall–Kier alpha value is -2.73. The first-order chi connectivity index (χ1) is 13.0. The Balaban J connectivity index is 1.88. The molecule has 144 valence electrons. The van der Waals surface area contributed by atoms with Gasteiger partial charge in [-0.3, -0.25) is 9.59 Å². The second-order valence-corrected chi connectivity index (χ2v) is 6.52. The lowest BCUT2D eigenvalue weighted by Crippen LogP contribution is -2.47. The molecule has 0 fully saturated rings. The molecule has 2 aromatic carbocycles. The van der Waals surface area contributed by atoms with Gasteiger partial charge in [-0.25, -0.2) is 4.39 Å². The quantitative estimate of drug-likeness (QED) is 0.630. The summed E-state index contributed by atoms with van der Waals surface area (Å²) in [6.45, 7) is 0. The van der Waals surface area contributed by atoms with Crippen LogP contribution >= 0.6 is 0 Å². The number of aryl methyl sites for hydroxylation is 1. The summed E-state index contributed by atoms with van der Waals surface area (Å²) >= 11 is 0. The summed E-state index contributed by atoms with van der Waals surface area (Å²) in [4.78, 5) is 24.4. The Morgan fingerprint density at radius 1 is 1.07 bits per heavy atom. The summed E-state index contributed by atoms with van der Waals surface area (Å²) in [5.41, 5.74) is 7.57. The number of likely N-dealkylation sites (N-methyl/N-ethyl adjacent to an activating group) is 1. The van der Waals surface area contributed by atoms with Gasteiger partial charge in [0, 0.05) is 19.5 Å². The van der Waals surface area contributed by atoms with Crippen molar-refractivity contribution in [3.05, 3.63) is 71.5 Å². The van der Waals surface area contributed by atoms with E-state index in [2.05, 4.69) is 10.6 Å². The molecule has 0 saturated carbocycles. The van der Waals surface area contributed by atoms with Crippen molar-refractivity contribution in [2.45, 2.75) is 37.8 Å². The van der Waals surface area contributed by atoms with Crippen LogP contribution < -0.4 is 16.4 Å². The van der Waals surface area contributed by atoms with Gasteiger partial charge in [-0.15, -0.1) is 0 Å². The Morgan fingerprint density at radius 2 is 1.74 bits per heavy atom. The molecule has 0 aliphatic heterocycles.